The van der Waals surface area contributed by atoms with Crippen molar-refractivity contribution in [2.24, 2.45) is 17.4 Å². The lowest BCUT2D eigenvalue weighted by atomic mass is 9.83. The van der Waals surface area contributed by atoms with Crippen LogP contribution in [0.2, 0.25) is 10.0 Å². The molecule has 8 aliphatic rings. The second kappa shape index (κ2) is 39.6. The number of carbonyl (C=O) groups is 10. The summed E-state index contributed by atoms with van der Waals surface area (Å²) in [4.78, 5) is 145. The Morgan fingerprint density at radius 3 is 2.02 bits per heavy atom. The summed E-state index contributed by atoms with van der Waals surface area (Å²) in [6, 6.07) is 3.84. The Hall–Kier alpha value is -11.5. The van der Waals surface area contributed by atoms with E-state index in [2.05, 4.69) is 49.1 Å². The van der Waals surface area contributed by atoms with E-state index in [1.54, 1.807) is 38.1 Å². The first-order valence-corrected chi connectivity index (χ1v) is 40.6. The van der Waals surface area contributed by atoms with Crippen LogP contribution in [0.15, 0.2) is 116 Å². The molecule has 1 aliphatic carbocycles. The van der Waals surface area contributed by atoms with Crippen LogP contribution in [0.4, 0.5) is 0 Å². The summed E-state index contributed by atoms with van der Waals surface area (Å²) in [6.07, 6.45) is -15.0. The van der Waals surface area contributed by atoms with Gasteiger partial charge in [-0.05, 0) is 146 Å². The lowest BCUT2D eigenvalue weighted by Gasteiger charge is -2.48. The molecule has 8 amide bonds. The monoisotopic (exact) mass is 1760 g/mol. The average molecular weight is 1760 g/mol. The van der Waals surface area contributed by atoms with Gasteiger partial charge < -0.3 is 143 Å². The number of rotatable bonds is 24. The maximum atomic E-state index is 16.4. The van der Waals surface area contributed by atoms with Crippen molar-refractivity contribution < 1.29 is 137 Å². The number of ether oxygens (including phenoxy) is 7. The largest absolute Gasteiger partial charge is 0.508 e. The van der Waals surface area contributed by atoms with Crippen molar-refractivity contribution in [1.29, 1.82) is 0 Å². The molecule has 38 nitrogen and oxygen atoms in total. The third kappa shape index (κ3) is 21.1. The van der Waals surface area contributed by atoms with E-state index in [9.17, 15) is 80.1 Å². The number of nitrogens with two attached hydrogens (primary N) is 2. The first-order chi connectivity index (χ1) is 59.0. The number of aliphatic hydroxyl groups excluding tert-OH is 6. The molecule has 0 spiro atoms. The number of aliphatic hydroxyl groups is 6. The minimum atomic E-state index is -2.43. The SMILES string of the molecule is C=CCCOc1cccc(CN[C@@]2(C)C[C@H](O[C@H]3[C@H](Oc4c5cc6cc4Oc4ccc(cc4Cl)[C@@H](O)[C@@H](NC(=O)C[C@@H](N)C4CCCCC4)C(=O)N[C@@H](CC(N)=O)C(=O)N[C@H]6C(=O)N[C@H]4C(=O)N[C@H](C(=O)N[C@H](C(=O)N[C@@H](CCC(=O)O)C(=O)O)c6cc(O)cc(O)c6-c6cc4ccc6O)[C@H](O)c4ccc(c(Cl)c4)O5)O[C@H](CO)[C@@H](O)[C@@H]3O)O[C@@H](C)[C@H]2O)c1. The normalized spacial score (nSPS) is 27.1. The van der Waals surface area contributed by atoms with Gasteiger partial charge in [0.1, 0.15) is 107 Å². The van der Waals surface area contributed by atoms with Gasteiger partial charge >= 0.3 is 11.9 Å². The lowest BCUT2D eigenvalue weighted by Crippen LogP contribution is -2.65. The number of benzene rings is 6. The molecule has 7 heterocycles. The molecule has 2 saturated heterocycles. The Kier molecular flexibility index (Phi) is 29.3. The Labute approximate surface area is 717 Å². The zero-order valence-corrected chi connectivity index (χ0v) is 68.3. The number of carbonyl (C=O) groups excluding carboxylic acids is 8. The molecule has 40 heteroatoms. The zero-order valence-electron chi connectivity index (χ0n) is 66.7. The molecule has 3 fully saturated rings. The summed E-state index contributed by atoms with van der Waals surface area (Å²) in [5.74, 6) is -19.2. The van der Waals surface area contributed by atoms with Crippen molar-refractivity contribution in [2.75, 3.05) is 13.2 Å². The Morgan fingerprint density at radius 1 is 0.718 bits per heavy atom. The summed E-state index contributed by atoms with van der Waals surface area (Å²) in [5, 5.41) is 146. The van der Waals surface area contributed by atoms with E-state index in [-0.39, 0.29) is 42.2 Å². The van der Waals surface area contributed by atoms with Crippen molar-refractivity contribution in [2.45, 2.75) is 206 Å². The Morgan fingerprint density at radius 2 is 1.37 bits per heavy atom. The predicted octanol–water partition coefficient (Wildman–Crippen LogP) is 2.91. The quantitative estimate of drug-likeness (QED) is 0.0306. The summed E-state index contributed by atoms with van der Waals surface area (Å²) >= 11 is 14.4. The van der Waals surface area contributed by atoms with Crippen LogP contribution in [0.3, 0.4) is 0 Å². The average Bonchev–Trinajstić information content (AvgIpc) is 0.760. The summed E-state index contributed by atoms with van der Waals surface area (Å²) in [6.45, 7) is 6.48. The van der Waals surface area contributed by atoms with Crippen LogP contribution < -0.4 is 72.9 Å². The van der Waals surface area contributed by atoms with Gasteiger partial charge in [-0.3, -0.25) is 43.2 Å². The van der Waals surface area contributed by atoms with Crippen molar-refractivity contribution in [3.05, 3.63) is 159 Å². The molecule has 0 unspecified atom stereocenters. The van der Waals surface area contributed by atoms with Crippen molar-refractivity contribution in [3.63, 3.8) is 0 Å². The molecule has 19 atom stereocenters. The minimum Gasteiger partial charge on any atom is -0.508 e. The standard InChI is InChI=1S/C84H96Cl2N10O28/c1-4-5-22-118-44-13-9-10-37(23-44)34-89-84(3)33-62(119-36(2)75(84)109)123-74-72(108)71(107)58(35-97)122-83(74)124-73-56-27-42-28-57(73)121-55-20-16-41(26-48(55)86)70(106)68-81(115)95-66(79(113)90-50(82(116)117)17-21-61(103)104)46-29-43(98)30-53(100)63(46)45-24-39(14-18-52(45)99)64(77(111)96-68)94-78(112)65(42)93-76(110)51(32-59(88)101)91-80(114)67(69(105)40-15-19-54(120-56)47(85)25-40)92-60(102)31-49(87)38-11-7-6-8-12-38/h4,9-10,13-16,18-20,23-30,36,38,49-51,58,62,64-72,74-75,83,89,97-100,105-109H,1,5-8,11-12,17,21-22,31-35,87H2,2-3H3,(H2,88,101)(H,90,113)(H,91,114)(H,92,102)(H,93,110)(H,94,112)(H,95,115)(H,96,111)(H,103,104)(H,116,117)/t36-,49+,50-,51-,58+,62-,64+,65+,66-,67+,68-,69+,70+,71+,72-,74+,75+,83-,84-/m0/s1. The maximum Gasteiger partial charge on any atom is 0.326 e. The predicted molar refractivity (Wildman–Crippen MR) is 434 cm³/mol. The van der Waals surface area contributed by atoms with Gasteiger partial charge in [-0.15, -0.1) is 6.58 Å². The molecule has 124 heavy (non-hydrogen) atoms. The lowest BCUT2D eigenvalue weighted by molar-refractivity contribution is -0.334. The van der Waals surface area contributed by atoms with Crippen molar-refractivity contribution >= 4 is 82.4 Å². The molecule has 11 bridgehead atoms. The molecular weight excluding hydrogens is 1670 g/mol. The summed E-state index contributed by atoms with van der Waals surface area (Å²) in [5.41, 5.74) is 8.55. The third-order valence-corrected chi connectivity index (χ3v) is 23.1. The number of aliphatic carboxylic acids is 2. The summed E-state index contributed by atoms with van der Waals surface area (Å²) < 4.78 is 45.4. The highest BCUT2D eigenvalue weighted by Gasteiger charge is 2.53. The number of amides is 8. The number of hydrogen-bond acceptors (Lipinski definition) is 28. The zero-order chi connectivity index (χ0) is 89.4. The number of halogens is 2. The van der Waals surface area contributed by atoms with Crippen molar-refractivity contribution in [3.8, 4) is 62.9 Å². The maximum absolute atomic E-state index is 16.4. The van der Waals surface area contributed by atoms with Crippen LogP contribution in [0.5, 0.6) is 51.7 Å². The molecule has 6 aromatic carbocycles. The van der Waals surface area contributed by atoms with Gasteiger partial charge in [0.05, 0.1) is 41.9 Å². The van der Waals surface area contributed by atoms with Gasteiger partial charge in [0.2, 0.25) is 59.3 Å². The topological polar surface area (TPSA) is 606 Å². The smallest absolute Gasteiger partial charge is 0.326 e. The first kappa shape index (κ1) is 91.7. The molecule has 7 aliphatic heterocycles. The fourth-order valence-electron chi connectivity index (χ4n) is 15.8. The fraction of sp³-hybridized carbons (Fsp3) is 0.429. The van der Waals surface area contributed by atoms with Gasteiger partial charge in [0, 0.05) is 54.6 Å². The number of carboxylic acid groups (broad SMARTS) is 2. The highest BCUT2D eigenvalue weighted by atomic mass is 35.5. The van der Waals surface area contributed by atoms with Crippen LogP contribution in [0, 0.1) is 5.92 Å². The van der Waals surface area contributed by atoms with Gasteiger partial charge in [-0.1, -0.05) is 78.9 Å². The molecule has 0 aromatic heterocycles. The van der Waals surface area contributed by atoms with Crippen LogP contribution in [-0.4, -0.2) is 214 Å². The molecule has 6 aromatic rings. The Balaban J connectivity index is 1.04. The summed E-state index contributed by atoms with van der Waals surface area (Å²) in [7, 11) is 0. The molecule has 14 rings (SSSR count). The number of carboxylic acids is 2. The van der Waals surface area contributed by atoms with Crippen LogP contribution in [-0.2, 0) is 68.7 Å². The van der Waals surface area contributed by atoms with E-state index >= 15 is 24.0 Å². The second-order valence-electron chi connectivity index (χ2n) is 31.4. The third-order valence-electron chi connectivity index (χ3n) is 22.5. The highest BCUT2D eigenvalue weighted by Crippen LogP contribution is 2.50. The minimum absolute atomic E-state index is 0.100. The molecule has 23 N–H and O–H groups in total. The van der Waals surface area contributed by atoms with Gasteiger partial charge in [-0.2, -0.15) is 0 Å². The van der Waals surface area contributed by atoms with E-state index in [1.165, 1.54) is 12.1 Å². The van der Waals surface area contributed by atoms with E-state index in [0.717, 1.165) is 91.6 Å². The van der Waals surface area contributed by atoms with Crippen LogP contribution in [0.25, 0.3) is 11.1 Å². The molecule has 0 radical (unpaired) electrons. The van der Waals surface area contributed by atoms with E-state index < -0.39 is 278 Å². The van der Waals surface area contributed by atoms with Crippen molar-refractivity contribution in [1.82, 2.24) is 42.5 Å². The van der Waals surface area contributed by atoms with Crippen LogP contribution >= 0.6 is 23.2 Å². The van der Waals surface area contributed by atoms with Gasteiger partial charge in [0.15, 0.2) is 23.9 Å². The molecule has 664 valence electrons. The molecule has 1 saturated carbocycles. The number of phenolic OH excluding ortho intramolecular Hbond substituents is 3. The van der Waals surface area contributed by atoms with Gasteiger partial charge in [-0.25, -0.2) is 4.79 Å². The van der Waals surface area contributed by atoms with Gasteiger partial charge in [0.25, 0.3) is 0 Å². The highest BCUT2D eigenvalue weighted by molar-refractivity contribution is 6.32. The number of aromatic hydroxyl groups is 3. The number of fused-ring (bicyclic) bond motifs is 15. The van der Waals surface area contributed by atoms with Crippen LogP contribution in [0.1, 0.15) is 148 Å². The van der Waals surface area contributed by atoms with E-state index in [4.69, 9.17) is 67.8 Å². The number of phenols is 3. The number of hydrogen-bond donors (Lipinski definition) is 21. The first-order valence-electron chi connectivity index (χ1n) is 39.8. The Bertz CT molecular complexity index is 5060. The van der Waals surface area contributed by atoms with E-state index in [1.807, 2.05) is 6.07 Å². The number of nitrogens with one attached hydrogen (secondary N) is 8. The fourth-order valence-corrected chi connectivity index (χ4v) is 16.3. The second-order valence-corrected chi connectivity index (χ2v) is 32.2. The molecular formula is C84H96Cl2N10O28. The van der Waals surface area contributed by atoms with E-state index in [0.29, 0.717) is 31.6 Å². The number of primary amides is 1.